The largest absolute Gasteiger partial charge is 0.508 e. The third-order valence-corrected chi connectivity index (χ3v) is 6.94. The van der Waals surface area contributed by atoms with Gasteiger partial charge in [-0.2, -0.15) is 0 Å². The number of fused-ring (bicyclic) bond motifs is 1. The predicted octanol–water partition coefficient (Wildman–Crippen LogP) is -2.08. The van der Waals surface area contributed by atoms with Gasteiger partial charge < -0.3 is 74.4 Å². The first-order valence-electron chi connectivity index (χ1n) is 12.6. The zero-order valence-corrected chi connectivity index (χ0v) is 21.4. The van der Waals surface area contributed by atoms with Gasteiger partial charge in [-0.3, -0.25) is 4.79 Å². The molecule has 42 heavy (non-hydrogen) atoms. The standard InChI is InChI=1S/C26H28O16/c27-9-4-12(30)16-14(5-9)40-23(8-1-2-10(28)11(29)3-8)24(19(16)34)42-26-22(37)20(35)18(33)15(41-26)7-39-25-21(36)17(32)13(31)6-38-25/h1-5,13,15,17-18,20-22,25-33,35-37H,6-7H2/t13-,15-,17+,18-,20+,21-,22-,25+,26+/m0/s1. The van der Waals surface area contributed by atoms with E-state index in [1.54, 1.807) is 0 Å². The number of phenols is 4. The molecule has 0 radical (unpaired) electrons. The molecule has 16 heteroatoms. The molecular weight excluding hydrogens is 568 g/mol. The van der Waals surface area contributed by atoms with Crippen LogP contribution in [-0.4, -0.2) is 120 Å². The van der Waals surface area contributed by atoms with Crippen molar-refractivity contribution in [2.45, 2.75) is 55.3 Å². The third kappa shape index (κ3) is 5.42. The van der Waals surface area contributed by atoms with Crippen molar-refractivity contribution in [3.05, 3.63) is 40.6 Å². The number of aliphatic hydroxyl groups excluding tert-OH is 6. The maximum Gasteiger partial charge on any atom is 0.239 e. The van der Waals surface area contributed by atoms with Crippen LogP contribution in [0.5, 0.6) is 28.7 Å². The lowest BCUT2D eigenvalue weighted by Crippen LogP contribution is -2.61. The number of aliphatic hydroxyl groups is 6. The van der Waals surface area contributed by atoms with Gasteiger partial charge in [0.05, 0.1) is 13.2 Å². The molecular formula is C26H28O16. The second-order valence-electron chi connectivity index (χ2n) is 9.85. The van der Waals surface area contributed by atoms with Crippen molar-refractivity contribution in [1.82, 2.24) is 0 Å². The number of benzene rings is 2. The molecule has 2 aromatic carbocycles. The van der Waals surface area contributed by atoms with Gasteiger partial charge in [0.15, 0.2) is 23.5 Å². The van der Waals surface area contributed by atoms with Crippen molar-refractivity contribution in [3.8, 4) is 40.1 Å². The molecule has 0 unspecified atom stereocenters. The van der Waals surface area contributed by atoms with Gasteiger partial charge in [-0.05, 0) is 18.2 Å². The number of rotatable bonds is 6. The lowest BCUT2D eigenvalue weighted by molar-refractivity contribution is -0.307. The lowest BCUT2D eigenvalue weighted by atomic mass is 9.99. The Morgan fingerprint density at radius 1 is 0.786 bits per heavy atom. The Kier molecular flexibility index (Phi) is 8.17. The zero-order chi connectivity index (χ0) is 30.5. The summed E-state index contributed by atoms with van der Waals surface area (Å²) in [6.45, 7) is -0.970. The maximum absolute atomic E-state index is 13.5. The minimum absolute atomic E-state index is 0.0305. The fraction of sp³-hybridized carbons (Fsp3) is 0.423. The second-order valence-corrected chi connectivity index (χ2v) is 9.85. The Morgan fingerprint density at radius 2 is 1.50 bits per heavy atom. The normalized spacial score (nSPS) is 31.7. The summed E-state index contributed by atoms with van der Waals surface area (Å²) in [5.74, 6) is -3.33. The summed E-state index contributed by atoms with van der Waals surface area (Å²) in [5.41, 5.74) is -1.35. The number of hydrogen-bond donors (Lipinski definition) is 10. The summed E-state index contributed by atoms with van der Waals surface area (Å²) < 4.78 is 27.5. The van der Waals surface area contributed by atoms with Crippen LogP contribution in [0.3, 0.4) is 0 Å². The molecule has 0 amide bonds. The van der Waals surface area contributed by atoms with E-state index in [9.17, 15) is 55.9 Å². The summed E-state index contributed by atoms with van der Waals surface area (Å²) >= 11 is 0. The Labute approximate surface area is 235 Å². The molecule has 2 aliphatic rings. The van der Waals surface area contributed by atoms with Crippen molar-refractivity contribution in [3.63, 3.8) is 0 Å². The molecule has 0 spiro atoms. The van der Waals surface area contributed by atoms with Crippen LogP contribution in [0, 0.1) is 0 Å². The molecule has 0 bridgehead atoms. The van der Waals surface area contributed by atoms with Crippen LogP contribution in [0.1, 0.15) is 0 Å². The van der Waals surface area contributed by atoms with Crippen molar-refractivity contribution >= 4 is 11.0 Å². The van der Waals surface area contributed by atoms with E-state index < -0.39 is 107 Å². The number of aromatic hydroxyl groups is 4. The molecule has 10 N–H and O–H groups in total. The number of hydrogen-bond acceptors (Lipinski definition) is 16. The Balaban J connectivity index is 1.48. The molecule has 2 fully saturated rings. The first kappa shape index (κ1) is 29.8. The summed E-state index contributed by atoms with van der Waals surface area (Å²) in [6, 6.07) is 5.23. The molecule has 0 saturated carbocycles. The number of ether oxygens (including phenoxy) is 4. The van der Waals surface area contributed by atoms with E-state index in [0.717, 1.165) is 24.3 Å². The van der Waals surface area contributed by atoms with Crippen LogP contribution >= 0.6 is 0 Å². The lowest BCUT2D eigenvalue weighted by Gasteiger charge is -2.41. The Bertz CT molecular complexity index is 1510. The monoisotopic (exact) mass is 596 g/mol. The molecule has 0 aliphatic carbocycles. The highest BCUT2D eigenvalue weighted by molar-refractivity contribution is 5.88. The van der Waals surface area contributed by atoms with Gasteiger partial charge in [0, 0.05) is 17.7 Å². The second kappa shape index (κ2) is 11.5. The molecule has 228 valence electrons. The van der Waals surface area contributed by atoms with Crippen LogP contribution < -0.4 is 10.2 Å². The Morgan fingerprint density at radius 3 is 2.21 bits per heavy atom. The number of phenolic OH excluding ortho intramolecular Hbond substituents is 4. The summed E-state index contributed by atoms with van der Waals surface area (Å²) in [7, 11) is 0. The molecule has 3 aromatic rings. The summed E-state index contributed by atoms with van der Waals surface area (Å²) in [6.07, 6.45) is -15.1. The summed E-state index contributed by atoms with van der Waals surface area (Å²) in [4.78, 5) is 13.5. The van der Waals surface area contributed by atoms with Gasteiger partial charge in [-0.1, -0.05) is 0 Å². The predicted molar refractivity (Wildman–Crippen MR) is 136 cm³/mol. The van der Waals surface area contributed by atoms with Gasteiger partial charge in [0.1, 0.15) is 65.2 Å². The van der Waals surface area contributed by atoms with Gasteiger partial charge in [-0.25, -0.2) is 0 Å². The fourth-order valence-corrected chi connectivity index (χ4v) is 4.61. The van der Waals surface area contributed by atoms with Crippen molar-refractivity contribution in [1.29, 1.82) is 0 Å². The first-order chi connectivity index (χ1) is 19.9. The van der Waals surface area contributed by atoms with Gasteiger partial charge in [0.2, 0.25) is 17.5 Å². The zero-order valence-electron chi connectivity index (χ0n) is 21.4. The molecule has 3 heterocycles. The molecule has 1 aromatic heterocycles. The van der Waals surface area contributed by atoms with Gasteiger partial charge in [-0.15, -0.1) is 0 Å². The third-order valence-electron chi connectivity index (χ3n) is 6.94. The molecule has 2 saturated heterocycles. The first-order valence-corrected chi connectivity index (χ1v) is 12.6. The SMILES string of the molecule is O=c1c(O[C@H]2O[C@@H](CO[C@H]3OC[C@H](O)[C@@H](O)[C@@H]3O)[C@H](O)[C@@H](O)[C@@H]2O)c(-c2ccc(O)c(O)c2)oc2cc(O)cc(O)c12. The van der Waals surface area contributed by atoms with Crippen LogP contribution in [0.2, 0.25) is 0 Å². The van der Waals surface area contributed by atoms with Crippen LogP contribution in [0.4, 0.5) is 0 Å². The molecule has 16 nitrogen and oxygen atoms in total. The summed E-state index contributed by atoms with van der Waals surface area (Å²) in [5, 5.41) is 101. The van der Waals surface area contributed by atoms with E-state index in [4.69, 9.17) is 23.4 Å². The van der Waals surface area contributed by atoms with Crippen molar-refractivity contribution in [2.24, 2.45) is 0 Å². The van der Waals surface area contributed by atoms with E-state index >= 15 is 0 Å². The average molecular weight is 596 g/mol. The van der Waals surface area contributed by atoms with Crippen LogP contribution in [0.15, 0.2) is 39.5 Å². The maximum atomic E-state index is 13.5. The fourth-order valence-electron chi connectivity index (χ4n) is 4.61. The highest BCUT2D eigenvalue weighted by Gasteiger charge is 2.47. The van der Waals surface area contributed by atoms with E-state index in [1.165, 1.54) is 6.07 Å². The van der Waals surface area contributed by atoms with Crippen LogP contribution in [-0.2, 0) is 14.2 Å². The van der Waals surface area contributed by atoms with E-state index in [-0.39, 0.29) is 17.8 Å². The quantitative estimate of drug-likeness (QED) is 0.137. The molecule has 2 aliphatic heterocycles. The topological polar surface area (TPSA) is 269 Å². The molecule has 5 rings (SSSR count). The average Bonchev–Trinajstić information content (AvgIpc) is 2.94. The van der Waals surface area contributed by atoms with E-state index in [0.29, 0.717) is 0 Å². The van der Waals surface area contributed by atoms with Gasteiger partial charge >= 0.3 is 0 Å². The smallest absolute Gasteiger partial charge is 0.239 e. The van der Waals surface area contributed by atoms with E-state index in [2.05, 4.69) is 0 Å². The molecule has 9 atom stereocenters. The Hall–Kier alpha value is -3.71. The van der Waals surface area contributed by atoms with E-state index in [1.807, 2.05) is 0 Å². The van der Waals surface area contributed by atoms with Crippen molar-refractivity contribution < 1.29 is 74.4 Å². The highest BCUT2D eigenvalue weighted by Crippen LogP contribution is 2.39. The van der Waals surface area contributed by atoms with Crippen LogP contribution in [0.25, 0.3) is 22.3 Å². The minimum atomic E-state index is -1.96. The van der Waals surface area contributed by atoms with Gasteiger partial charge in [0.25, 0.3) is 0 Å². The minimum Gasteiger partial charge on any atom is -0.508 e. The van der Waals surface area contributed by atoms with Crippen molar-refractivity contribution in [2.75, 3.05) is 13.2 Å². The highest BCUT2D eigenvalue weighted by atomic mass is 16.7.